The number of rotatable bonds is 9. The fraction of sp³-hybridized carbons (Fsp3) is 0.433. The number of primary amides is 1. The number of benzene rings is 2. The van der Waals surface area contributed by atoms with E-state index in [0.717, 1.165) is 34.0 Å². The molecule has 2 heterocycles. The molecule has 3 aromatic rings. The van der Waals surface area contributed by atoms with Crippen molar-refractivity contribution in [1.29, 1.82) is 0 Å². The summed E-state index contributed by atoms with van der Waals surface area (Å²) in [5, 5.41) is 0.550. The number of nitrogens with two attached hydrogens (primary N) is 1. The Bertz CT molecular complexity index is 1350. The number of aryl methyl sites for hydroxylation is 2. The standard InChI is InChI=1S/C30H38ClN5O3/c1-18(2)22-8-7-19(3)27(13-22)39-17-26-21(5)33-29(23-11-24(31)14-25(12-23)38-6)34-30(26)36-10-9-35(16-28(32)37)20(4)15-36/h7-8,11-14,18,20H,9-10,15-17H2,1-6H3,(H2,32,37)/t20-/m1/s1. The van der Waals surface area contributed by atoms with Crippen LogP contribution in [0.3, 0.4) is 0 Å². The second-order valence-electron chi connectivity index (χ2n) is 10.5. The molecule has 208 valence electrons. The van der Waals surface area contributed by atoms with Crippen molar-refractivity contribution >= 4 is 23.3 Å². The number of carbonyl (C=O) groups excluding carboxylic acids is 1. The highest BCUT2D eigenvalue weighted by Crippen LogP contribution is 2.32. The van der Waals surface area contributed by atoms with Gasteiger partial charge in [0.25, 0.3) is 0 Å². The van der Waals surface area contributed by atoms with E-state index in [-0.39, 0.29) is 18.5 Å². The molecule has 2 N–H and O–H groups in total. The summed E-state index contributed by atoms with van der Waals surface area (Å²) in [5.41, 5.74) is 10.3. The molecular weight excluding hydrogens is 514 g/mol. The third-order valence-electron chi connectivity index (χ3n) is 7.23. The third kappa shape index (κ3) is 6.81. The normalized spacial score (nSPS) is 16.0. The van der Waals surface area contributed by atoms with Gasteiger partial charge in [0.15, 0.2) is 5.82 Å². The molecule has 1 aliphatic heterocycles. The van der Waals surface area contributed by atoms with E-state index >= 15 is 0 Å². The fourth-order valence-electron chi connectivity index (χ4n) is 4.85. The van der Waals surface area contributed by atoms with Gasteiger partial charge in [-0.2, -0.15) is 0 Å². The lowest BCUT2D eigenvalue weighted by Gasteiger charge is -2.40. The van der Waals surface area contributed by atoms with Gasteiger partial charge in [-0.1, -0.05) is 37.6 Å². The number of nitrogens with zero attached hydrogens (tertiary/aromatic N) is 4. The predicted molar refractivity (Wildman–Crippen MR) is 156 cm³/mol. The van der Waals surface area contributed by atoms with E-state index in [2.05, 4.69) is 55.7 Å². The molecule has 0 unspecified atom stereocenters. The molecule has 4 rings (SSSR count). The largest absolute Gasteiger partial charge is 0.497 e. The highest BCUT2D eigenvalue weighted by Gasteiger charge is 2.28. The number of carbonyl (C=O) groups is 1. The van der Waals surface area contributed by atoms with E-state index in [9.17, 15) is 4.79 Å². The number of hydrogen-bond acceptors (Lipinski definition) is 7. The van der Waals surface area contributed by atoms with Gasteiger partial charge in [0.1, 0.15) is 23.9 Å². The van der Waals surface area contributed by atoms with Gasteiger partial charge in [-0.05, 0) is 62.1 Å². The highest BCUT2D eigenvalue weighted by atomic mass is 35.5. The minimum absolute atomic E-state index is 0.120. The van der Waals surface area contributed by atoms with E-state index in [1.165, 1.54) is 5.56 Å². The van der Waals surface area contributed by atoms with Gasteiger partial charge >= 0.3 is 0 Å². The fourth-order valence-corrected chi connectivity index (χ4v) is 5.08. The summed E-state index contributed by atoms with van der Waals surface area (Å²) in [7, 11) is 1.61. The molecule has 1 aromatic heterocycles. The second kappa shape index (κ2) is 12.2. The van der Waals surface area contributed by atoms with Crippen molar-refractivity contribution in [1.82, 2.24) is 14.9 Å². The quantitative estimate of drug-likeness (QED) is 0.394. The Morgan fingerprint density at radius 3 is 2.59 bits per heavy atom. The van der Waals surface area contributed by atoms with Crippen LogP contribution in [0, 0.1) is 13.8 Å². The molecule has 0 saturated carbocycles. The van der Waals surface area contributed by atoms with E-state index in [0.29, 0.717) is 48.8 Å². The molecule has 39 heavy (non-hydrogen) atoms. The van der Waals surface area contributed by atoms with Crippen molar-refractivity contribution in [3.8, 4) is 22.9 Å². The van der Waals surface area contributed by atoms with Crippen LogP contribution in [0.4, 0.5) is 5.82 Å². The molecule has 0 spiro atoms. The second-order valence-corrected chi connectivity index (χ2v) is 11.0. The Labute approximate surface area is 236 Å². The summed E-state index contributed by atoms with van der Waals surface area (Å²) in [5.74, 6) is 2.97. The van der Waals surface area contributed by atoms with Gasteiger partial charge in [-0.3, -0.25) is 9.69 Å². The Balaban J connectivity index is 1.72. The molecule has 1 aliphatic rings. The van der Waals surface area contributed by atoms with Crippen LogP contribution in [0.1, 0.15) is 49.1 Å². The zero-order valence-corrected chi connectivity index (χ0v) is 24.4. The van der Waals surface area contributed by atoms with Crippen LogP contribution < -0.4 is 20.1 Å². The predicted octanol–water partition coefficient (Wildman–Crippen LogP) is 5.12. The summed E-state index contributed by atoms with van der Waals surface area (Å²) in [6, 6.07) is 12.0. The van der Waals surface area contributed by atoms with Crippen LogP contribution in [-0.4, -0.2) is 60.1 Å². The van der Waals surface area contributed by atoms with Crippen molar-refractivity contribution in [2.45, 2.75) is 53.2 Å². The monoisotopic (exact) mass is 551 g/mol. The number of aromatic nitrogens is 2. The maximum absolute atomic E-state index is 11.6. The first-order chi connectivity index (χ1) is 18.5. The van der Waals surface area contributed by atoms with E-state index in [1.807, 2.05) is 19.1 Å². The number of piperazine rings is 1. The van der Waals surface area contributed by atoms with Crippen LogP contribution >= 0.6 is 11.6 Å². The van der Waals surface area contributed by atoms with Gasteiger partial charge < -0.3 is 20.1 Å². The Morgan fingerprint density at radius 1 is 1.15 bits per heavy atom. The first-order valence-corrected chi connectivity index (χ1v) is 13.7. The number of methoxy groups -OCH3 is 1. The lowest BCUT2D eigenvalue weighted by atomic mass is 10.0. The SMILES string of the molecule is COc1cc(Cl)cc(-c2nc(C)c(COc3cc(C(C)C)ccc3C)c(N3CCN(CC(N)=O)[C@H](C)C3)n2)c1. The first-order valence-electron chi connectivity index (χ1n) is 13.3. The van der Waals surface area contributed by atoms with Gasteiger partial charge in [-0.15, -0.1) is 0 Å². The van der Waals surface area contributed by atoms with E-state index in [1.54, 1.807) is 13.2 Å². The zero-order valence-electron chi connectivity index (χ0n) is 23.6. The summed E-state index contributed by atoms with van der Waals surface area (Å²) >= 11 is 6.37. The van der Waals surface area contributed by atoms with Gasteiger partial charge in [0.05, 0.1) is 24.9 Å². The molecule has 1 fully saturated rings. The average molecular weight is 552 g/mol. The van der Waals surface area contributed by atoms with E-state index < -0.39 is 0 Å². The molecule has 0 bridgehead atoms. The molecule has 0 radical (unpaired) electrons. The van der Waals surface area contributed by atoms with Crippen molar-refractivity contribution in [2.24, 2.45) is 5.73 Å². The van der Waals surface area contributed by atoms with Gasteiger partial charge in [0, 0.05) is 36.3 Å². The maximum Gasteiger partial charge on any atom is 0.231 e. The smallest absolute Gasteiger partial charge is 0.231 e. The Morgan fingerprint density at radius 2 is 1.92 bits per heavy atom. The molecule has 1 saturated heterocycles. The Kier molecular flexibility index (Phi) is 8.97. The molecule has 0 aliphatic carbocycles. The lowest BCUT2D eigenvalue weighted by molar-refractivity contribution is -0.119. The molecule has 2 aromatic carbocycles. The van der Waals surface area contributed by atoms with Gasteiger partial charge in [-0.25, -0.2) is 9.97 Å². The van der Waals surface area contributed by atoms with Crippen molar-refractivity contribution < 1.29 is 14.3 Å². The third-order valence-corrected chi connectivity index (χ3v) is 7.45. The lowest BCUT2D eigenvalue weighted by Crippen LogP contribution is -2.54. The van der Waals surface area contributed by atoms with Crippen molar-refractivity contribution in [3.63, 3.8) is 0 Å². The number of amides is 1. The first kappa shape index (κ1) is 28.6. The molecule has 9 heteroatoms. The van der Waals surface area contributed by atoms with Crippen molar-refractivity contribution in [3.05, 3.63) is 63.8 Å². The summed E-state index contributed by atoms with van der Waals surface area (Å²) in [6.07, 6.45) is 0. The zero-order chi connectivity index (χ0) is 28.3. The molecule has 1 amide bonds. The summed E-state index contributed by atoms with van der Waals surface area (Å²) in [6.45, 7) is 13.1. The van der Waals surface area contributed by atoms with E-state index in [4.69, 9.17) is 36.8 Å². The molecule has 1 atom stereocenters. The van der Waals surface area contributed by atoms with Crippen LogP contribution in [0.5, 0.6) is 11.5 Å². The van der Waals surface area contributed by atoms with Gasteiger partial charge in [0.2, 0.25) is 5.91 Å². The van der Waals surface area contributed by atoms with Crippen LogP contribution in [0.2, 0.25) is 5.02 Å². The summed E-state index contributed by atoms with van der Waals surface area (Å²) in [4.78, 5) is 25.8. The maximum atomic E-state index is 11.6. The average Bonchev–Trinajstić information content (AvgIpc) is 2.88. The molecule has 8 nitrogen and oxygen atoms in total. The number of anilines is 1. The Hall–Kier alpha value is -3.36. The van der Waals surface area contributed by atoms with Crippen LogP contribution in [0.15, 0.2) is 36.4 Å². The topological polar surface area (TPSA) is 93.8 Å². The van der Waals surface area contributed by atoms with Crippen molar-refractivity contribution in [2.75, 3.05) is 38.2 Å². The minimum Gasteiger partial charge on any atom is -0.497 e. The van der Waals surface area contributed by atoms with Crippen LogP contribution in [0.25, 0.3) is 11.4 Å². The minimum atomic E-state index is -0.321. The number of hydrogen-bond donors (Lipinski definition) is 1. The number of halogens is 1. The highest BCUT2D eigenvalue weighted by molar-refractivity contribution is 6.31. The molecular formula is C30H38ClN5O3. The number of ether oxygens (including phenoxy) is 2. The van der Waals surface area contributed by atoms with Crippen LogP contribution in [-0.2, 0) is 11.4 Å². The summed E-state index contributed by atoms with van der Waals surface area (Å²) < 4.78 is 11.8.